The Balaban J connectivity index is 2.41. The predicted molar refractivity (Wildman–Crippen MR) is 77.9 cm³/mol. The fourth-order valence-electron chi connectivity index (χ4n) is 1.81. The van der Waals surface area contributed by atoms with Gasteiger partial charge in [0.2, 0.25) is 0 Å². The van der Waals surface area contributed by atoms with Crippen LogP contribution in [0.25, 0.3) is 0 Å². The lowest BCUT2D eigenvalue weighted by Gasteiger charge is -2.31. The predicted octanol–water partition coefficient (Wildman–Crippen LogP) is 0.458. The van der Waals surface area contributed by atoms with E-state index in [1.807, 2.05) is 38.1 Å². The summed E-state index contributed by atoms with van der Waals surface area (Å²) in [7, 11) is 0. The molecule has 0 aliphatic heterocycles. The SMILES string of the molecule is CCC(CO)(CO)NCC(O)COc1ccccc1C. The van der Waals surface area contributed by atoms with Crippen LogP contribution >= 0.6 is 0 Å². The first-order valence-electron chi connectivity index (χ1n) is 6.90. The number of aliphatic hydroxyl groups excluding tert-OH is 3. The Labute approximate surface area is 120 Å². The zero-order valence-corrected chi connectivity index (χ0v) is 12.2. The van der Waals surface area contributed by atoms with Crippen molar-refractivity contribution in [1.29, 1.82) is 0 Å². The second-order valence-electron chi connectivity index (χ2n) is 5.06. The van der Waals surface area contributed by atoms with Gasteiger partial charge in [-0.1, -0.05) is 25.1 Å². The number of nitrogens with one attached hydrogen (secondary N) is 1. The number of hydrogen-bond acceptors (Lipinski definition) is 5. The topological polar surface area (TPSA) is 82.0 Å². The second-order valence-corrected chi connectivity index (χ2v) is 5.06. The van der Waals surface area contributed by atoms with E-state index in [0.717, 1.165) is 11.3 Å². The van der Waals surface area contributed by atoms with Crippen LogP contribution in [0.1, 0.15) is 18.9 Å². The van der Waals surface area contributed by atoms with Gasteiger partial charge in [0.05, 0.1) is 18.8 Å². The van der Waals surface area contributed by atoms with E-state index >= 15 is 0 Å². The molecule has 4 N–H and O–H groups in total. The lowest BCUT2D eigenvalue weighted by Crippen LogP contribution is -2.54. The van der Waals surface area contributed by atoms with E-state index in [4.69, 9.17) is 4.74 Å². The van der Waals surface area contributed by atoms with Crippen molar-refractivity contribution in [3.05, 3.63) is 29.8 Å². The molecule has 0 radical (unpaired) electrons. The molecule has 5 nitrogen and oxygen atoms in total. The second kappa shape index (κ2) is 8.21. The molecule has 114 valence electrons. The normalized spacial score (nSPS) is 13.2. The minimum Gasteiger partial charge on any atom is -0.491 e. The molecule has 1 atom stereocenters. The molecule has 1 aromatic carbocycles. The molecule has 0 fully saturated rings. The van der Waals surface area contributed by atoms with Crippen LogP contribution in [0, 0.1) is 6.92 Å². The van der Waals surface area contributed by atoms with Crippen molar-refractivity contribution in [2.45, 2.75) is 31.9 Å². The molecule has 0 aliphatic rings. The van der Waals surface area contributed by atoms with Crippen LogP contribution in [0.3, 0.4) is 0 Å². The highest BCUT2D eigenvalue weighted by Crippen LogP contribution is 2.16. The Kier molecular flexibility index (Phi) is 6.95. The van der Waals surface area contributed by atoms with Gasteiger partial charge >= 0.3 is 0 Å². The first-order valence-corrected chi connectivity index (χ1v) is 6.90. The summed E-state index contributed by atoms with van der Waals surface area (Å²) in [4.78, 5) is 0. The third kappa shape index (κ3) is 4.76. The Morgan fingerprint density at radius 2 is 1.90 bits per heavy atom. The quantitative estimate of drug-likeness (QED) is 0.529. The van der Waals surface area contributed by atoms with Gasteiger partial charge in [0, 0.05) is 6.54 Å². The Morgan fingerprint density at radius 3 is 2.45 bits per heavy atom. The fourth-order valence-corrected chi connectivity index (χ4v) is 1.81. The van der Waals surface area contributed by atoms with Crippen molar-refractivity contribution in [2.24, 2.45) is 0 Å². The molecule has 0 aliphatic carbocycles. The van der Waals surface area contributed by atoms with E-state index in [1.165, 1.54) is 0 Å². The highest BCUT2D eigenvalue weighted by atomic mass is 16.5. The molecule has 0 saturated carbocycles. The summed E-state index contributed by atoms with van der Waals surface area (Å²) in [5, 5.41) is 31.5. The Hall–Kier alpha value is -1.14. The monoisotopic (exact) mass is 283 g/mol. The average molecular weight is 283 g/mol. The lowest BCUT2D eigenvalue weighted by atomic mass is 9.98. The van der Waals surface area contributed by atoms with Crippen LogP contribution in [0.2, 0.25) is 0 Å². The van der Waals surface area contributed by atoms with Gasteiger partial charge in [0.1, 0.15) is 18.5 Å². The summed E-state index contributed by atoms with van der Waals surface area (Å²) in [6.45, 7) is 3.88. The van der Waals surface area contributed by atoms with E-state index in [2.05, 4.69) is 5.32 Å². The maximum Gasteiger partial charge on any atom is 0.122 e. The van der Waals surface area contributed by atoms with Gasteiger partial charge in [-0.15, -0.1) is 0 Å². The first kappa shape index (κ1) is 16.9. The highest BCUT2D eigenvalue weighted by molar-refractivity contribution is 5.31. The van der Waals surface area contributed by atoms with Crippen LogP contribution in [-0.4, -0.2) is 53.3 Å². The van der Waals surface area contributed by atoms with Crippen LogP contribution in [0.15, 0.2) is 24.3 Å². The van der Waals surface area contributed by atoms with E-state index in [-0.39, 0.29) is 26.4 Å². The minimum absolute atomic E-state index is 0.161. The van der Waals surface area contributed by atoms with Crippen molar-refractivity contribution in [3.63, 3.8) is 0 Å². The van der Waals surface area contributed by atoms with Crippen molar-refractivity contribution >= 4 is 0 Å². The summed E-state index contributed by atoms with van der Waals surface area (Å²) in [6.07, 6.45) is -0.135. The van der Waals surface area contributed by atoms with Crippen LogP contribution < -0.4 is 10.1 Å². The number of aliphatic hydroxyl groups is 3. The molecule has 0 spiro atoms. The number of β-amino-alcohol motifs (C(OH)–C–C–N with tert-alkyl or cyclic N) is 1. The van der Waals surface area contributed by atoms with Gasteiger partial charge < -0.3 is 25.4 Å². The molecule has 0 aromatic heterocycles. The molecule has 1 aromatic rings. The summed E-state index contributed by atoms with van der Waals surface area (Å²) in [5.41, 5.74) is 0.269. The number of para-hydroxylation sites is 1. The fraction of sp³-hybridized carbons (Fsp3) is 0.600. The van der Waals surface area contributed by atoms with Crippen molar-refractivity contribution < 1.29 is 20.1 Å². The summed E-state index contributed by atoms with van der Waals surface area (Å²) >= 11 is 0. The Morgan fingerprint density at radius 1 is 1.25 bits per heavy atom. The molecule has 5 heteroatoms. The molecule has 1 rings (SSSR count). The zero-order chi connectivity index (χ0) is 15.0. The highest BCUT2D eigenvalue weighted by Gasteiger charge is 2.26. The molecule has 0 heterocycles. The van der Waals surface area contributed by atoms with E-state index in [1.54, 1.807) is 0 Å². The molecule has 0 saturated heterocycles. The third-order valence-electron chi connectivity index (χ3n) is 3.52. The first-order chi connectivity index (χ1) is 9.56. The van der Waals surface area contributed by atoms with Gasteiger partial charge in [-0.05, 0) is 25.0 Å². The third-order valence-corrected chi connectivity index (χ3v) is 3.52. The van der Waals surface area contributed by atoms with Gasteiger partial charge in [0.25, 0.3) is 0 Å². The van der Waals surface area contributed by atoms with Crippen molar-refractivity contribution in [3.8, 4) is 5.75 Å². The maximum atomic E-state index is 9.90. The van der Waals surface area contributed by atoms with Gasteiger partial charge in [0.15, 0.2) is 0 Å². The smallest absolute Gasteiger partial charge is 0.122 e. The standard InChI is InChI=1S/C15H25NO4/c1-3-15(10-17,11-18)16-8-13(19)9-20-14-7-5-4-6-12(14)2/h4-7,13,16-19H,3,8-11H2,1-2H3. The van der Waals surface area contributed by atoms with Crippen molar-refractivity contribution in [1.82, 2.24) is 5.32 Å². The average Bonchev–Trinajstić information content (AvgIpc) is 2.48. The van der Waals surface area contributed by atoms with Crippen LogP contribution in [-0.2, 0) is 0 Å². The van der Waals surface area contributed by atoms with E-state index in [9.17, 15) is 15.3 Å². The number of hydrogen-bond donors (Lipinski definition) is 4. The molecule has 0 bridgehead atoms. The maximum absolute atomic E-state index is 9.90. The number of aryl methyl sites for hydroxylation is 1. The van der Waals surface area contributed by atoms with Gasteiger partial charge in [-0.3, -0.25) is 0 Å². The molecular formula is C15H25NO4. The van der Waals surface area contributed by atoms with Crippen LogP contribution in [0.5, 0.6) is 5.75 Å². The number of ether oxygens (including phenoxy) is 1. The van der Waals surface area contributed by atoms with Gasteiger partial charge in [-0.2, -0.15) is 0 Å². The van der Waals surface area contributed by atoms with E-state index < -0.39 is 11.6 Å². The number of rotatable bonds is 9. The summed E-state index contributed by atoms with van der Waals surface area (Å²) in [6, 6.07) is 7.61. The number of benzene rings is 1. The summed E-state index contributed by atoms with van der Waals surface area (Å²) < 4.78 is 5.55. The molecular weight excluding hydrogens is 258 g/mol. The van der Waals surface area contributed by atoms with Crippen LogP contribution in [0.4, 0.5) is 0 Å². The lowest BCUT2D eigenvalue weighted by molar-refractivity contribution is 0.0567. The van der Waals surface area contributed by atoms with E-state index in [0.29, 0.717) is 6.42 Å². The molecule has 20 heavy (non-hydrogen) atoms. The molecule has 1 unspecified atom stereocenters. The van der Waals surface area contributed by atoms with Gasteiger partial charge in [-0.25, -0.2) is 0 Å². The summed E-state index contributed by atoms with van der Waals surface area (Å²) in [5.74, 6) is 0.748. The largest absolute Gasteiger partial charge is 0.491 e. The minimum atomic E-state index is -0.746. The molecule has 0 amide bonds. The van der Waals surface area contributed by atoms with Crippen molar-refractivity contribution in [2.75, 3.05) is 26.4 Å². The zero-order valence-electron chi connectivity index (χ0n) is 12.2. The Bertz CT molecular complexity index is 385.